The van der Waals surface area contributed by atoms with E-state index >= 15 is 0 Å². The highest BCUT2D eigenvalue weighted by atomic mass is 16.4. The Morgan fingerprint density at radius 2 is 1.89 bits per heavy atom. The van der Waals surface area contributed by atoms with Crippen LogP contribution in [0, 0.1) is 0 Å². The molecule has 0 fully saturated rings. The second-order valence-electron chi connectivity index (χ2n) is 3.61. The number of amides is 1. The van der Waals surface area contributed by atoms with Gasteiger partial charge in [0.05, 0.1) is 11.4 Å². The fraction of sp³-hybridized carbons (Fsp3) is 0.0909. The average molecular weight is 246 g/mol. The van der Waals surface area contributed by atoms with Crippen LogP contribution in [0.4, 0.5) is 0 Å². The van der Waals surface area contributed by atoms with Crippen molar-refractivity contribution >= 4 is 22.6 Å². The van der Waals surface area contributed by atoms with E-state index in [4.69, 9.17) is 5.73 Å². The number of hydrogen-bond acceptors (Lipinski definition) is 5. The van der Waals surface area contributed by atoms with Gasteiger partial charge in [-0.15, -0.1) is 0 Å². The molecule has 0 aliphatic carbocycles. The van der Waals surface area contributed by atoms with Gasteiger partial charge in [-0.1, -0.05) is 18.2 Å². The van der Waals surface area contributed by atoms with Gasteiger partial charge in [-0.05, 0) is 6.07 Å². The standard InChI is InChI=1S/C11H9N3O4/c12-8(15)5-14-10(16)7-4-2-1-3-6(7)9(13-14)11(17)18/h1-4H,5H2,(H2,12,15)(H,17,18)/p-1. The Balaban J connectivity index is 2.83. The van der Waals surface area contributed by atoms with Gasteiger partial charge in [-0.3, -0.25) is 9.59 Å². The van der Waals surface area contributed by atoms with Crippen molar-refractivity contribution in [2.75, 3.05) is 0 Å². The van der Waals surface area contributed by atoms with Crippen molar-refractivity contribution in [3.63, 3.8) is 0 Å². The normalized spacial score (nSPS) is 10.4. The maximum atomic E-state index is 11.9. The number of carbonyl (C=O) groups is 2. The first-order valence-electron chi connectivity index (χ1n) is 5.00. The maximum absolute atomic E-state index is 11.9. The predicted octanol–water partition coefficient (Wildman–Crippen LogP) is -1.75. The van der Waals surface area contributed by atoms with Gasteiger partial charge in [0, 0.05) is 5.39 Å². The summed E-state index contributed by atoms with van der Waals surface area (Å²) < 4.78 is 0.718. The summed E-state index contributed by atoms with van der Waals surface area (Å²) in [7, 11) is 0. The van der Waals surface area contributed by atoms with E-state index in [9.17, 15) is 19.5 Å². The number of carbonyl (C=O) groups excluding carboxylic acids is 2. The fourth-order valence-corrected chi connectivity index (χ4v) is 1.64. The highest BCUT2D eigenvalue weighted by molar-refractivity contribution is 6.00. The zero-order chi connectivity index (χ0) is 13.3. The molecule has 0 unspecified atom stereocenters. The highest BCUT2D eigenvalue weighted by Crippen LogP contribution is 2.12. The Morgan fingerprint density at radius 3 is 2.44 bits per heavy atom. The number of aromatic carboxylic acids is 1. The van der Waals surface area contributed by atoms with E-state index in [0.29, 0.717) is 0 Å². The first kappa shape index (κ1) is 11.8. The van der Waals surface area contributed by atoms with Crippen LogP contribution in [0.15, 0.2) is 29.1 Å². The summed E-state index contributed by atoms with van der Waals surface area (Å²) in [5.74, 6) is -2.31. The molecule has 1 aromatic heterocycles. The van der Waals surface area contributed by atoms with Gasteiger partial charge >= 0.3 is 0 Å². The molecule has 18 heavy (non-hydrogen) atoms. The summed E-state index contributed by atoms with van der Waals surface area (Å²) >= 11 is 0. The smallest absolute Gasteiger partial charge is 0.275 e. The number of nitrogens with two attached hydrogens (primary N) is 1. The van der Waals surface area contributed by atoms with Crippen molar-refractivity contribution in [1.29, 1.82) is 0 Å². The Bertz CT molecular complexity index is 705. The molecule has 0 radical (unpaired) electrons. The second-order valence-corrected chi connectivity index (χ2v) is 3.61. The zero-order valence-corrected chi connectivity index (χ0v) is 9.12. The minimum Gasteiger partial charge on any atom is -0.543 e. The molecule has 7 heteroatoms. The molecule has 1 heterocycles. The van der Waals surface area contributed by atoms with Crippen LogP contribution >= 0.6 is 0 Å². The molecule has 0 bridgehead atoms. The Hall–Kier alpha value is -2.70. The van der Waals surface area contributed by atoms with Crippen LogP contribution in [0.2, 0.25) is 0 Å². The minimum atomic E-state index is -1.52. The van der Waals surface area contributed by atoms with Crippen LogP contribution in [-0.2, 0) is 11.3 Å². The van der Waals surface area contributed by atoms with Crippen LogP contribution in [-0.4, -0.2) is 21.7 Å². The maximum Gasteiger partial charge on any atom is 0.275 e. The van der Waals surface area contributed by atoms with Gasteiger partial charge in [-0.25, -0.2) is 4.68 Å². The highest BCUT2D eigenvalue weighted by Gasteiger charge is 2.11. The molecular formula is C11H8N3O4-. The summed E-state index contributed by atoms with van der Waals surface area (Å²) in [6.45, 7) is -0.482. The van der Waals surface area contributed by atoms with Gasteiger partial charge < -0.3 is 15.6 Å². The molecule has 0 spiro atoms. The molecule has 0 saturated carbocycles. The summed E-state index contributed by atoms with van der Waals surface area (Å²) in [6.07, 6.45) is 0. The number of carboxylic acid groups (broad SMARTS) is 1. The molecule has 1 amide bonds. The van der Waals surface area contributed by atoms with E-state index in [-0.39, 0.29) is 10.8 Å². The van der Waals surface area contributed by atoms with Crippen LogP contribution in [0.25, 0.3) is 10.8 Å². The molecule has 1 aromatic carbocycles. The number of fused-ring (bicyclic) bond motifs is 1. The third-order valence-electron chi connectivity index (χ3n) is 2.37. The minimum absolute atomic E-state index is 0.146. The van der Waals surface area contributed by atoms with Crippen molar-refractivity contribution in [2.24, 2.45) is 5.73 Å². The number of hydrogen-bond donors (Lipinski definition) is 1. The van der Waals surface area contributed by atoms with Crippen molar-refractivity contribution in [3.05, 3.63) is 40.3 Å². The lowest BCUT2D eigenvalue weighted by Gasteiger charge is -2.09. The van der Waals surface area contributed by atoms with Gasteiger partial charge in [0.1, 0.15) is 12.2 Å². The third-order valence-corrected chi connectivity index (χ3v) is 2.37. The van der Waals surface area contributed by atoms with Crippen LogP contribution < -0.4 is 16.4 Å². The van der Waals surface area contributed by atoms with Crippen molar-refractivity contribution in [3.8, 4) is 0 Å². The molecule has 0 aliphatic rings. The number of primary amides is 1. The summed E-state index contributed by atoms with van der Waals surface area (Å²) in [4.78, 5) is 33.7. The van der Waals surface area contributed by atoms with E-state index in [1.807, 2.05) is 0 Å². The molecule has 7 nitrogen and oxygen atoms in total. The van der Waals surface area contributed by atoms with Crippen molar-refractivity contribution in [2.45, 2.75) is 6.54 Å². The second kappa shape index (κ2) is 4.28. The van der Waals surface area contributed by atoms with E-state index in [2.05, 4.69) is 5.10 Å². The monoisotopic (exact) mass is 246 g/mol. The van der Waals surface area contributed by atoms with Crippen LogP contribution in [0.1, 0.15) is 10.5 Å². The lowest BCUT2D eigenvalue weighted by molar-refractivity contribution is -0.255. The van der Waals surface area contributed by atoms with E-state index < -0.39 is 29.7 Å². The molecule has 2 N–H and O–H groups in total. The predicted molar refractivity (Wildman–Crippen MR) is 59.5 cm³/mol. The lowest BCUT2D eigenvalue weighted by atomic mass is 10.1. The van der Waals surface area contributed by atoms with Gasteiger partial charge in [-0.2, -0.15) is 5.10 Å². The van der Waals surface area contributed by atoms with E-state index in [1.54, 1.807) is 12.1 Å². The summed E-state index contributed by atoms with van der Waals surface area (Å²) in [5.41, 5.74) is 3.99. The Kier molecular flexibility index (Phi) is 2.80. The van der Waals surface area contributed by atoms with E-state index in [1.165, 1.54) is 12.1 Å². The first-order chi connectivity index (χ1) is 8.50. The fourth-order valence-electron chi connectivity index (χ4n) is 1.64. The molecule has 92 valence electrons. The van der Waals surface area contributed by atoms with Gasteiger partial charge in [0.2, 0.25) is 5.91 Å². The zero-order valence-electron chi connectivity index (χ0n) is 9.12. The van der Waals surface area contributed by atoms with Crippen LogP contribution in [0.5, 0.6) is 0 Å². The Morgan fingerprint density at radius 1 is 1.28 bits per heavy atom. The number of carboxylic acids is 1. The van der Waals surface area contributed by atoms with Crippen molar-refractivity contribution < 1.29 is 14.7 Å². The van der Waals surface area contributed by atoms with Gasteiger partial charge in [0.15, 0.2) is 0 Å². The molecule has 0 atom stereocenters. The van der Waals surface area contributed by atoms with E-state index in [0.717, 1.165) is 4.68 Å². The van der Waals surface area contributed by atoms with Crippen molar-refractivity contribution in [1.82, 2.24) is 9.78 Å². The largest absolute Gasteiger partial charge is 0.543 e. The number of aromatic nitrogens is 2. The molecule has 2 aromatic rings. The van der Waals surface area contributed by atoms with Crippen LogP contribution in [0.3, 0.4) is 0 Å². The SMILES string of the molecule is NC(=O)Cn1nc(C(=O)[O-])c2ccccc2c1=O. The quantitative estimate of drug-likeness (QED) is 0.688. The lowest BCUT2D eigenvalue weighted by Crippen LogP contribution is -2.34. The average Bonchev–Trinajstić information content (AvgIpc) is 2.32. The Labute approximate surface area is 100 Å². The summed E-state index contributed by atoms with van der Waals surface area (Å²) in [5, 5.41) is 14.9. The number of rotatable bonds is 3. The third kappa shape index (κ3) is 1.93. The molecule has 0 saturated heterocycles. The molecule has 2 rings (SSSR count). The molecular weight excluding hydrogens is 238 g/mol. The first-order valence-corrected chi connectivity index (χ1v) is 5.00. The topological polar surface area (TPSA) is 118 Å². The summed E-state index contributed by atoms with van der Waals surface area (Å²) in [6, 6.07) is 6.05. The van der Waals surface area contributed by atoms with Gasteiger partial charge in [0.25, 0.3) is 5.56 Å². The molecule has 0 aliphatic heterocycles. The number of benzene rings is 1. The number of nitrogens with zero attached hydrogens (tertiary/aromatic N) is 2.